The van der Waals surface area contributed by atoms with Crippen molar-refractivity contribution in [3.05, 3.63) is 109 Å². The highest BCUT2D eigenvalue weighted by molar-refractivity contribution is 5.76. The van der Waals surface area contributed by atoms with Crippen LogP contribution in [-0.4, -0.2) is 34.9 Å². The minimum Gasteiger partial charge on any atom is -0.394 e. The first kappa shape index (κ1) is 78.0. The molecule has 0 aliphatic carbocycles. The summed E-state index contributed by atoms with van der Waals surface area (Å²) in [5, 5.41) is 23.3. The molecular weight excluding hydrogens is 987 g/mol. The van der Waals surface area contributed by atoms with Crippen LogP contribution in [0.2, 0.25) is 0 Å². The Balaban J connectivity index is 3.50. The fourth-order valence-corrected chi connectivity index (χ4v) is 10.6. The van der Waals surface area contributed by atoms with Gasteiger partial charge in [-0.15, -0.1) is 0 Å². The van der Waals surface area contributed by atoms with Crippen LogP contribution in [-0.2, 0) is 4.79 Å². The lowest BCUT2D eigenvalue weighted by atomic mass is 10.0. The van der Waals surface area contributed by atoms with Crippen LogP contribution in [0.5, 0.6) is 0 Å². The van der Waals surface area contributed by atoms with E-state index < -0.39 is 12.1 Å². The molecule has 0 aliphatic heterocycles. The SMILES string of the molecule is CC/C=C\C/C=C\C/C=C\C/C=C\C/C=C\C/C=C\CCCCCCCCCCCCCCCCCCCCCCC(=O)NC(CO)C(O)/C=C/CC/C=C/CC/C=C/CCCCCCCCCCCCCCCCCCCCCC. The Morgan fingerprint density at radius 3 is 0.864 bits per heavy atom. The van der Waals surface area contributed by atoms with Crippen LogP contribution < -0.4 is 5.32 Å². The fourth-order valence-electron chi connectivity index (χ4n) is 10.6. The van der Waals surface area contributed by atoms with Crippen LogP contribution in [0.4, 0.5) is 0 Å². The summed E-state index contributed by atoms with van der Waals surface area (Å²) >= 11 is 0. The molecule has 0 radical (unpaired) electrons. The second kappa shape index (κ2) is 71.3. The van der Waals surface area contributed by atoms with E-state index in [9.17, 15) is 15.0 Å². The number of carbonyl (C=O) groups excluding carboxylic acids is 1. The van der Waals surface area contributed by atoms with E-state index in [1.54, 1.807) is 6.08 Å². The van der Waals surface area contributed by atoms with Gasteiger partial charge in [0.05, 0.1) is 18.8 Å². The van der Waals surface area contributed by atoms with Gasteiger partial charge in [0.25, 0.3) is 0 Å². The largest absolute Gasteiger partial charge is 0.394 e. The molecular formula is C77H137NO3. The van der Waals surface area contributed by atoms with E-state index in [0.717, 1.165) is 77.0 Å². The van der Waals surface area contributed by atoms with Gasteiger partial charge in [0.1, 0.15) is 0 Å². The first-order valence-electron chi connectivity index (χ1n) is 35.6. The summed E-state index contributed by atoms with van der Waals surface area (Å²) < 4.78 is 0. The van der Waals surface area contributed by atoms with E-state index in [0.29, 0.717) is 6.42 Å². The summed E-state index contributed by atoms with van der Waals surface area (Å²) in [5.41, 5.74) is 0. The maximum Gasteiger partial charge on any atom is 0.220 e. The number of nitrogens with one attached hydrogen (secondary N) is 1. The number of carbonyl (C=O) groups is 1. The van der Waals surface area contributed by atoms with Gasteiger partial charge in [-0.3, -0.25) is 4.79 Å². The maximum absolute atomic E-state index is 12.5. The van der Waals surface area contributed by atoms with Gasteiger partial charge in [-0.1, -0.05) is 361 Å². The summed E-state index contributed by atoms with van der Waals surface area (Å²) in [6.07, 6.45) is 108. The smallest absolute Gasteiger partial charge is 0.220 e. The molecule has 0 aromatic carbocycles. The van der Waals surface area contributed by atoms with Gasteiger partial charge in [-0.2, -0.15) is 0 Å². The lowest BCUT2D eigenvalue weighted by molar-refractivity contribution is -0.123. The van der Waals surface area contributed by atoms with Crippen molar-refractivity contribution in [2.45, 2.75) is 366 Å². The number of allylic oxidation sites excluding steroid dienone is 17. The molecule has 3 N–H and O–H groups in total. The van der Waals surface area contributed by atoms with Gasteiger partial charge in [-0.05, 0) is 96.3 Å². The highest BCUT2D eigenvalue weighted by atomic mass is 16.3. The highest BCUT2D eigenvalue weighted by Gasteiger charge is 2.18. The molecule has 0 saturated carbocycles. The van der Waals surface area contributed by atoms with Crippen molar-refractivity contribution in [2.75, 3.05) is 6.61 Å². The lowest BCUT2D eigenvalue weighted by Crippen LogP contribution is -2.45. The van der Waals surface area contributed by atoms with E-state index in [4.69, 9.17) is 0 Å². The van der Waals surface area contributed by atoms with Crippen molar-refractivity contribution in [3.8, 4) is 0 Å². The molecule has 81 heavy (non-hydrogen) atoms. The molecule has 4 heteroatoms. The van der Waals surface area contributed by atoms with Gasteiger partial charge < -0.3 is 15.5 Å². The average molecular weight is 1120 g/mol. The van der Waals surface area contributed by atoms with Gasteiger partial charge >= 0.3 is 0 Å². The highest BCUT2D eigenvalue weighted by Crippen LogP contribution is 2.18. The second-order valence-electron chi connectivity index (χ2n) is 23.9. The maximum atomic E-state index is 12.5. The Morgan fingerprint density at radius 1 is 0.309 bits per heavy atom. The van der Waals surface area contributed by atoms with Crippen molar-refractivity contribution in [1.29, 1.82) is 0 Å². The minimum absolute atomic E-state index is 0.0751. The molecule has 0 aromatic rings. The summed E-state index contributed by atoms with van der Waals surface area (Å²) in [7, 11) is 0. The Kier molecular flexibility index (Phi) is 68.7. The first-order valence-corrected chi connectivity index (χ1v) is 35.6. The van der Waals surface area contributed by atoms with Crippen molar-refractivity contribution in [3.63, 3.8) is 0 Å². The summed E-state index contributed by atoms with van der Waals surface area (Å²) in [6, 6.07) is -0.651. The number of unbranched alkanes of at least 4 members (excludes halogenated alkanes) is 42. The molecule has 1 amide bonds. The van der Waals surface area contributed by atoms with E-state index in [1.165, 1.54) is 257 Å². The zero-order chi connectivity index (χ0) is 58.4. The number of aliphatic hydroxyl groups is 2. The molecule has 468 valence electrons. The predicted octanol–water partition coefficient (Wildman–Crippen LogP) is 24.5. The predicted molar refractivity (Wildman–Crippen MR) is 363 cm³/mol. The quantitative estimate of drug-likeness (QED) is 0.0420. The fraction of sp³-hybridized carbons (Fsp3) is 0.753. The lowest BCUT2D eigenvalue weighted by Gasteiger charge is -2.19. The van der Waals surface area contributed by atoms with Crippen LogP contribution in [0.25, 0.3) is 0 Å². The number of amides is 1. The van der Waals surface area contributed by atoms with Crippen molar-refractivity contribution < 1.29 is 15.0 Å². The van der Waals surface area contributed by atoms with Crippen molar-refractivity contribution in [2.24, 2.45) is 0 Å². The third-order valence-electron chi connectivity index (χ3n) is 16.0. The topological polar surface area (TPSA) is 69.6 Å². The Labute approximate surface area is 506 Å². The number of rotatable bonds is 65. The monoisotopic (exact) mass is 1120 g/mol. The summed E-state index contributed by atoms with van der Waals surface area (Å²) in [5.74, 6) is -0.0751. The molecule has 0 bridgehead atoms. The Morgan fingerprint density at radius 2 is 0.556 bits per heavy atom. The van der Waals surface area contributed by atoms with E-state index in [2.05, 4.69) is 116 Å². The zero-order valence-electron chi connectivity index (χ0n) is 54.0. The Bertz CT molecular complexity index is 1510. The van der Waals surface area contributed by atoms with E-state index >= 15 is 0 Å². The normalized spacial score (nSPS) is 13.4. The Hall–Kier alpha value is -2.95. The molecule has 0 rings (SSSR count). The van der Waals surface area contributed by atoms with Crippen LogP contribution in [0.1, 0.15) is 354 Å². The average Bonchev–Trinajstić information content (AvgIpc) is 3.47. The van der Waals surface area contributed by atoms with Gasteiger partial charge in [0, 0.05) is 6.42 Å². The van der Waals surface area contributed by atoms with Gasteiger partial charge in [0.2, 0.25) is 5.91 Å². The van der Waals surface area contributed by atoms with Crippen LogP contribution in [0.15, 0.2) is 109 Å². The van der Waals surface area contributed by atoms with Crippen LogP contribution in [0, 0.1) is 0 Å². The van der Waals surface area contributed by atoms with E-state index in [-0.39, 0.29) is 12.5 Å². The number of hydrogen-bond donors (Lipinski definition) is 3. The molecule has 4 nitrogen and oxygen atoms in total. The number of hydrogen-bond acceptors (Lipinski definition) is 3. The molecule has 0 saturated heterocycles. The molecule has 0 fully saturated rings. The minimum atomic E-state index is -0.876. The summed E-state index contributed by atoms with van der Waals surface area (Å²) in [6.45, 7) is 4.21. The molecule has 0 heterocycles. The molecule has 2 atom stereocenters. The standard InChI is InChI=1S/C77H137NO3/c1-3-5-7-9-11-13-15-17-19-21-23-25-27-29-31-33-35-36-37-38-39-40-41-42-43-45-47-49-51-53-55-57-59-61-63-65-67-69-71-73-77(81)78-75(74-79)76(80)72-70-68-66-64-62-60-58-56-54-52-50-48-46-44-34-32-30-28-26-24-22-20-18-16-14-12-10-8-6-4-2/h5,7,11,13,17,19,23,25,29,31,35-36,54,56,62,64,70,72,75-76,79-80H,3-4,6,8-10,12,14-16,18,20-22,24,26-28,30,32-34,37-53,55,57-61,63,65-69,71,73-74H2,1-2H3,(H,78,81)/b7-5-,13-11-,19-17-,25-23-,31-29-,36-35-,56-54+,64-62+,72-70+. The third kappa shape index (κ3) is 67.7. The zero-order valence-corrected chi connectivity index (χ0v) is 54.0. The van der Waals surface area contributed by atoms with Crippen LogP contribution >= 0.6 is 0 Å². The van der Waals surface area contributed by atoms with E-state index in [1.807, 2.05) is 6.08 Å². The third-order valence-corrected chi connectivity index (χ3v) is 16.0. The first-order chi connectivity index (χ1) is 40.2. The van der Waals surface area contributed by atoms with Gasteiger partial charge in [-0.25, -0.2) is 0 Å². The molecule has 0 aromatic heterocycles. The van der Waals surface area contributed by atoms with Crippen molar-refractivity contribution >= 4 is 5.91 Å². The second-order valence-corrected chi connectivity index (χ2v) is 23.9. The van der Waals surface area contributed by atoms with Crippen molar-refractivity contribution in [1.82, 2.24) is 5.32 Å². The van der Waals surface area contributed by atoms with Crippen LogP contribution in [0.3, 0.4) is 0 Å². The molecule has 0 spiro atoms. The number of aliphatic hydroxyl groups excluding tert-OH is 2. The summed E-state index contributed by atoms with van der Waals surface area (Å²) in [4.78, 5) is 12.5. The van der Waals surface area contributed by atoms with Gasteiger partial charge in [0.15, 0.2) is 0 Å². The molecule has 2 unspecified atom stereocenters. The molecule has 0 aliphatic rings.